The van der Waals surface area contributed by atoms with Crippen molar-refractivity contribution in [2.24, 2.45) is 13.0 Å². The molecule has 1 unspecified atom stereocenters. The molecule has 1 saturated carbocycles. The molecule has 17 heavy (non-hydrogen) atoms. The van der Waals surface area contributed by atoms with Crippen LogP contribution in [0.25, 0.3) is 0 Å². The van der Waals surface area contributed by atoms with E-state index in [1.54, 1.807) is 6.33 Å². The summed E-state index contributed by atoms with van der Waals surface area (Å²) in [7, 11) is 1.97. The zero-order valence-corrected chi connectivity index (χ0v) is 11.0. The third-order valence-electron chi connectivity index (χ3n) is 3.92. The van der Waals surface area contributed by atoms with Gasteiger partial charge in [-0.3, -0.25) is 4.68 Å². The predicted octanol–water partition coefficient (Wildman–Crippen LogP) is 1.92. The van der Waals surface area contributed by atoms with Crippen LogP contribution in [0.2, 0.25) is 0 Å². The van der Waals surface area contributed by atoms with Crippen molar-refractivity contribution >= 4 is 0 Å². The van der Waals surface area contributed by atoms with Gasteiger partial charge in [0, 0.05) is 19.5 Å². The fraction of sp³-hybridized carbons (Fsp3) is 0.846. The van der Waals surface area contributed by atoms with E-state index in [0.717, 1.165) is 24.7 Å². The van der Waals surface area contributed by atoms with Crippen molar-refractivity contribution in [3.8, 4) is 0 Å². The summed E-state index contributed by atoms with van der Waals surface area (Å²) < 4.78 is 1.89. The Morgan fingerprint density at radius 1 is 1.47 bits per heavy atom. The highest BCUT2D eigenvalue weighted by atomic mass is 15.3. The lowest BCUT2D eigenvalue weighted by molar-refractivity contribution is 0.343. The van der Waals surface area contributed by atoms with Gasteiger partial charge in [-0.05, 0) is 31.7 Å². The van der Waals surface area contributed by atoms with E-state index in [0.29, 0.717) is 6.04 Å². The quantitative estimate of drug-likeness (QED) is 0.820. The van der Waals surface area contributed by atoms with Crippen LogP contribution >= 0.6 is 0 Å². The second-order valence-electron chi connectivity index (χ2n) is 5.05. The van der Waals surface area contributed by atoms with Gasteiger partial charge in [0.25, 0.3) is 0 Å². The van der Waals surface area contributed by atoms with Crippen LogP contribution in [0.1, 0.15) is 44.9 Å². The maximum atomic E-state index is 4.30. The van der Waals surface area contributed by atoms with E-state index in [-0.39, 0.29) is 0 Å². The van der Waals surface area contributed by atoms with Gasteiger partial charge in [-0.2, -0.15) is 5.10 Å². The maximum absolute atomic E-state index is 4.30. The Morgan fingerprint density at radius 3 is 2.82 bits per heavy atom. The zero-order chi connectivity index (χ0) is 12.1. The molecule has 0 aromatic carbocycles. The Bertz CT molecular complexity index is 328. The van der Waals surface area contributed by atoms with Crippen LogP contribution in [0.4, 0.5) is 0 Å². The lowest BCUT2D eigenvalue weighted by Crippen LogP contribution is -2.35. The van der Waals surface area contributed by atoms with E-state index < -0.39 is 0 Å². The second-order valence-corrected chi connectivity index (χ2v) is 5.05. The minimum atomic E-state index is 0.666. The highest BCUT2D eigenvalue weighted by Gasteiger charge is 2.24. The molecular formula is C13H24N4. The summed E-state index contributed by atoms with van der Waals surface area (Å²) in [6, 6.07) is 0.666. The number of hydrogen-bond donors (Lipinski definition) is 1. The van der Waals surface area contributed by atoms with Crippen molar-refractivity contribution in [2.75, 3.05) is 6.54 Å². The molecule has 4 nitrogen and oxygen atoms in total. The third kappa shape index (κ3) is 3.28. The number of hydrogen-bond acceptors (Lipinski definition) is 3. The van der Waals surface area contributed by atoms with Gasteiger partial charge in [0.15, 0.2) is 0 Å². The predicted molar refractivity (Wildman–Crippen MR) is 68.7 cm³/mol. The van der Waals surface area contributed by atoms with Gasteiger partial charge < -0.3 is 5.32 Å². The number of nitrogens with one attached hydrogen (secondary N) is 1. The largest absolute Gasteiger partial charge is 0.314 e. The van der Waals surface area contributed by atoms with Crippen LogP contribution in [0.5, 0.6) is 0 Å². The number of nitrogens with zero attached hydrogens (tertiary/aromatic N) is 3. The topological polar surface area (TPSA) is 42.7 Å². The minimum Gasteiger partial charge on any atom is -0.314 e. The van der Waals surface area contributed by atoms with Gasteiger partial charge in [-0.25, -0.2) is 4.98 Å². The van der Waals surface area contributed by atoms with Crippen molar-refractivity contribution in [2.45, 2.75) is 51.5 Å². The maximum Gasteiger partial charge on any atom is 0.138 e. The average molecular weight is 236 g/mol. The summed E-state index contributed by atoms with van der Waals surface area (Å²) in [5, 5.41) is 7.77. The molecular weight excluding hydrogens is 212 g/mol. The van der Waals surface area contributed by atoms with Crippen LogP contribution in [0, 0.1) is 5.92 Å². The molecule has 1 aromatic heterocycles. The molecule has 0 spiro atoms. The van der Waals surface area contributed by atoms with E-state index >= 15 is 0 Å². The molecule has 0 aliphatic heterocycles. The molecule has 96 valence electrons. The average Bonchev–Trinajstić information content (AvgIpc) is 2.96. The van der Waals surface area contributed by atoms with Gasteiger partial charge in [0.2, 0.25) is 0 Å². The first-order chi connectivity index (χ1) is 8.31. The second kappa shape index (κ2) is 6.15. The van der Waals surface area contributed by atoms with Crippen LogP contribution in [-0.2, 0) is 13.5 Å². The van der Waals surface area contributed by atoms with Crippen molar-refractivity contribution in [3.63, 3.8) is 0 Å². The summed E-state index contributed by atoms with van der Waals surface area (Å²) in [6.45, 7) is 3.27. The fourth-order valence-electron chi connectivity index (χ4n) is 2.96. The molecule has 1 fully saturated rings. The van der Waals surface area contributed by atoms with Gasteiger partial charge >= 0.3 is 0 Å². The van der Waals surface area contributed by atoms with E-state index in [9.17, 15) is 0 Å². The first-order valence-electron chi connectivity index (χ1n) is 6.87. The summed E-state index contributed by atoms with van der Waals surface area (Å²) >= 11 is 0. The van der Waals surface area contributed by atoms with Gasteiger partial charge in [0.05, 0.1) is 0 Å². The first-order valence-corrected chi connectivity index (χ1v) is 6.87. The molecule has 1 atom stereocenters. The van der Waals surface area contributed by atoms with Crippen LogP contribution in [0.15, 0.2) is 6.33 Å². The van der Waals surface area contributed by atoms with E-state index in [1.807, 2.05) is 11.7 Å². The molecule has 0 bridgehead atoms. The standard InChI is InChI=1S/C13H24N4/c1-3-14-12(11-6-4-5-7-11)8-9-13-15-10-16-17(13)2/h10-12,14H,3-9H2,1-2H3. The highest BCUT2D eigenvalue weighted by Crippen LogP contribution is 2.29. The Morgan fingerprint density at radius 2 is 2.24 bits per heavy atom. The van der Waals surface area contributed by atoms with Crippen LogP contribution in [0.3, 0.4) is 0 Å². The Hall–Kier alpha value is -0.900. The number of rotatable bonds is 6. The normalized spacial score (nSPS) is 18.7. The number of aromatic nitrogens is 3. The zero-order valence-electron chi connectivity index (χ0n) is 11.0. The SMILES string of the molecule is CCNC(CCc1ncnn1C)C1CCCC1. The Balaban J connectivity index is 1.86. The van der Waals surface area contributed by atoms with E-state index in [2.05, 4.69) is 22.3 Å². The molecule has 1 aromatic rings. The minimum absolute atomic E-state index is 0.666. The first kappa shape index (κ1) is 12.6. The van der Waals surface area contributed by atoms with Crippen molar-refractivity contribution < 1.29 is 0 Å². The molecule has 4 heteroatoms. The van der Waals surface area contributed by atoms with Gasteiger partial charge in [0.1, 0.15) is 12.2 Å². The van der Waals surface area contributed by atoms with E-state index in [1.165, 1.54) is 32.1 Å². The Labute approximate surface area is 104 Å². The van der Waals surface area contributed by atoms with Crippen molar-refractivity contribution in [3.05, 3.63) is 12.2 Å². The monoisotopic (exact) mass is 236 g/mol. The molecule has 1 aliphatic carbocycles. The molecule has 1 N–H and O–H groups in total. The fourth-order valence-corrected chi connectivity index (χ4v) is 2.96. The van der Waals surface area contributed by atoms with Gasteiger partial charge in [-0.15, -0.1) is 0 Å². The summed E-state index contributed by atoms with van der Waals surface area (Å²) in [5.74, 6) is 1.98. The van der Waals surface area contributed by atoms with Crippen molar-refractivity contribution in [1.82, 2.24) is 20.1 Å². The number of aryl methyl sites for hydroxylation is 2. The van der Waals surface area contributed by atoms with Crippen LogP contribution in [-0.4, -0.2) is 27.4 Å². The lowest BCUT2D eigenvalue weighted by Gasteiger charge is -2.24. The Kier molecular flexibility index (Phi) is 4.54. The van der Waals surface area contributed by atoms with Crippen molar-refractivity contribution in [1.29, 1.82) is 0 Å². The molecule has 0 radical (unpaired) electrons. The van der Waals surface area contributed by atoms with Gasteiger partial charge in [-0.1, -0.05) is 19.8 Å². The summed E-state index contributed by atoms with van der Waals surface area (Å²) in [6.07, 6.45) is 9.49. The third-order valence-corrected chi connectivity index (χ3v) is 3.92. The van der Waals surface area contributed by atoms with E-state index in [4.69, 9.17) is 0 Å². The molecule has 0 saturated heterocycles. The summed E-state index contributed by atoms with van der Waals surface area (Å²) in [4.78, 5) is 4.30. The van der Waals surface area contributed by atoms with Crippen LogP contribution < -0.4 is 5.32 Å². The molecule has 1 aliphatic rings. The molecule has 1 heterocycles. The molecule has 2 rings (SSSR count). The smallest absolute Gasteiger partial charge is 0.138 e. The highest BCUT2D eigenvalue weighted by molar-refractivity contribution is 4.88. The molecule has 0 amide bonds. The summed E-state index contributed by atoms with van der Waals surface area (Å²) in [5.41, 5.74) is 0. The lowest BCUT2D eigenvalue weighted by atomic mass is 9.94.